The number of hydrogen-bond acceptors (Lipinski definition) is 2. The molecule has 3 rings (SSSR count). The second-order valence-electron chi connectivity index (χ2n) is 5.89. The lowest BCUT2D eigenvalue weighted by Crippen LogP contribution is -2.21. The third-order valence-corrected chi connectivity index (χ3v) is 4.96. The van der Waals surface area contributed by atoms with Crippen LogP contribution in [0.4, 0.5) is 0 Å². The van der Waals surface area contributed by atoms with Crippen LogP contribution in [0.1, 0.15) is 68.8 Å². The first kappa shape index (κ1) is 12.4. The molecule has 2 aliphatic carbocycles. The molecule has 0 aliphatic heterocycles. The first-order valence-electron chi connectivity index (χ1n) is 6.94. The van der Waals surface area contributed by atoms with E-state index >= 15 is 0 Å². The van der Waals surface area contributed by atoms with Gasteiger partial charge in [0.1, 0.15) is 10.3 Å². The highest BCUT2D eigenvalue weighted by Crippen LogP contribution is 2.42. The topological polar surface area (TPSA) is 45.8 Å². The second-order valence-corrected chi connectivity index (χ2v) is 6.69. The van der Waals surface area contributed by atoms with Crippen LogP contribution in [0.25, 0.3) is 0 Å². The van der Waals surface area contributed by atoms with Crippen molar-refractivity contribution in [3.8, 4) is 0 Å². The highest BCUT2D eigenvalue weighted by atomic mass is 79.9. The van der Waals surface area contributed by atoms with Gasteiger partial charge in [0, 0.05) is 11.8 Å². The van der Waals surface area contributed by atoms with Gasteiger partial charge in [-0.25, -0.2) is 4.98 Å². The smallest absolute Gasteiger partial charge is 0.265 e. The van der Waals surface area contributed by atoms with Crippen LogP contribution in [0.5, 0.6) is 0 Å². The van der Waals surface area contributed by atoms with Crippen molar-refractivity contribution in [1.82, 2.24) is 9.97 Å². The van der Waals surface area contributed by atoms with Crippen LogP contribution in [-0.4, -0.2) is 9.97 Å². The van der Waals surface area contributed by atoms with Crippen molar-refractivity contribution in [2.75, 3.05) is 0 Å². The lowest BCUT2D eigenvalue weighted by Gasteiger charge is -2.26. The molecular formula is C14H19BrN2O. The summed E-state index contributed by atoms with van der Waals surface area (Å²) in [6, 6.07) is 0. The molecule has 0 aromatic carbocycles. The first-order chi connectivity index (χ1) is 8.65. The van der Waals surface area contributed by atoms with Gasteiger partial charge in [-0.1, -0.05) is 19.8 Å². The lowest BCUT2D eigenvalue weighted by atomic mass is 9.82. The van der Waals surface area contributed by atoms with Crippen molar-refractivity contribution in [2.24, 2.45) is 5.92 Å². The minimum atomic E-state index is 0.000117. The molecule has 1 heterocycles. The third kappa shape index (κ3) is 2.40. The molecule has 18 heavy (non-hydrogen) atoms. The molecular weight excluding hydrogens is 292 g/mol. The van der Waals surface area contributed by atoms with Gasteiger partial charge in [-0.05, 0) is 47.5 Å². The van der Waals surface area contributed by atoms with Crippen LogP contribution in [0.2, 0.25) is 0 Å². The predicted molar refractivity (Wildman–Crippen MR) is 74.9 cm³/mol. The monoisotopic (exact) mass is 310 g/mol. The Bertz CT molecular complexity index is 507. The maximum Gasteiger partial charge on any atom is 0.265 e. The molecule has 1 aromatic rings. The molecule has 2 fully saturated rings. The fraction of sp³-hybridized carbons (Fsp3) is 0.714. The van der Waals surface area contributed by atoms with E-state index in [9.17, 15) is 4.79 Å². The number of halogens is 1. The lowest BCUT2D eigenvalue weighted by molar-refractivity contribution is 0.334. The zero-order chi connectivity index (χ0) is 12.7. The summed E-state index contributed by atoms with van der Waals surface area (Å²) in [5.41, 5.74) is 0.993. The summed E-state index contributed by atoms with van der Waals surface area (Å²) in [4.78, 5) is 19.7. The van der Waals surface area contributed by atoms with Crippen LogP contribution < -0.4 is 5.56 Å². The Balaban J connectivity index is 1.94. The Morgan fingerprint density at radius 2 is 2.00 bits per heavy atom. The minimum Gasteiger partial charge on any atom is -0.309 e. The normalized spacial score (nSPS) is 28.3. The van der Waals surface area contributed by atoms with Gasteiger partial charge in [0.25, 0.3) is 5.56 Å². The summed E-state index contributed by atoms with van der Waals surface area (Å²) >= 11 is 3.38. The molecule has 3 nitrogen and oxygen atoms in total. The number of aromatic nitrogens is 2. The molecule has 4 heteroatoms. The van der Waals surface area contributed by atoms with Gasteiger partial charge < -0.3 is 4.98 Å². The summed E-state index contributed by atoms with van der Waals surface area (Å²) in [5, 5.41) is 0. The molecule has 98 valence electrons. The summed E-state index contributed by atoms with van der Waals surface area (Å²) in [7, 11) is 0. The molecule has 0 radical (unpaired) electrons. The summed E-state index contributed by atoms with van der Waals surface area (Å²) in [6.45, 7) is 2.30. The van der Waals surface area contributed by atoms with Crippen LogP contribution >= 0.6 is 15.9 Å². The molecule has 0 spiro atoms. The standard InChI is InChI=1S/C14H19BrN2O/c1-8-3-2-4-10(7-8)13-16-12(9-5-6-9)11(15)14(18)17-13/h8-10H,2-7H2,1H3,(H,16,17,18). The van der Waals surface area contributed by atoms with Crippen LogP contribution in [0, 0.1) is 5.92 Å². The number of nitrogens with zero attached hydrogens (tertiary/aromatic N) is 1. The van der Waals surface area contributed by atoms with E-state index < -0.39 is 0 Å². The SMILES string of the molecule is CC1CCCC(c2nc(C3CC3)c(Br)c(=O)[nH]2)C1. The van der Waals surface area contributed by atoms with E-state index in [0.717, 1.165) is 23.9 Å². The number of aromatic amines is 1. The Labute approximate surface area is 116 Å². The van der Waals surface area contributed by atoms with Gasteiger partial charge in [-0.3, -0.25) is 4.79 Å². The molecule has 1 N–H and O–H groups in total. The van der Waals surface area contributed by atoms with Crippen molar-refractivity contribution < 1.29 is 0 Å². The van der Waals surface area contributed by atoms with Crippen molar-refractivity contribution >= 4 is 15.9 Å². The maximum atomic E-state index is 12.0. The van der Waals surface area contributed by atoms with E-state index in [1.165, 1.54) is 32.1 Å². The van der Waals surface area contributed by atoms with Gasteiger partial charge in [0.05, 0.1) is 5.69 Å². The van der Waals surface area contributed by atoms with Crippen LogP contribution in [-0.2, 0) is 0 Å². The molecule has 2 saturated carbocycles. The highest BCUT2D eigenvalue weighted by molar-refractivity contribution is 9.10. The Hall–Kier alpha value is -0.640. The van der Waals surface area contributed by atoms with Crippen molar-refractivity contribution in [3.63, 3.8) is 0 Å². The number of rotatable bonds is 2. The zero-order valence-corrected chi connectivity index (χ0v) is 12.3. The van der Waals surface area contributed by atoms with E-state index in [1.54, 1.807) is 0 Å². The quantitative estimate of drug-likeness (QED) is 0.905. The van der Waals surface area contributed by atoms with E-state index in [2.05, 4.69) is 27.8 Å². The summed E-state index contributed by atoms with van der Waals surface area (Å²) in [5.74, 6) is 2.65. The Kier molecular flexibility index (Phi) is 3.31. The molecule has 2 aliphatic rings. The zero-order valence-electron chi connectivity index (χ0n) is 10.7. The summed E-state index contributed by atoms with van der Waals surface area (Å²) < 4.78 is 0.651. The number of hydrogen-bond donors (Lipinski definition) is 1. The van der Waals surface area contributed by atoms with Crippen LogP contribution in [0.3, 0.4) is 0 Å². The fourth-order valence-electron chi connectivity index (χ4n) is 3.00. The van der Waals surface area contributed by atoms with E-state index in [0.29, 0.717) is 16.3 Å². The molecule has 2 atom stereocenters. The fourth-order valence-corrected chi connectivity index (χ4v) is 3.51. The predicted octanol–water partition coefficient (Wildman–Crippen LogP) is 3.70. The summed E-state index contributed by atoms with van der Waals surface area (Å²) in [6.07, 6.45) is 7.25. The van der Waals surface area contributed by atoms with Crippen molar-refractivity contribution in [3.05, 3.63) is 26.3 Å². The molecule has 0 saturated heterocycles. The molecule has 2 unspecified atom stereocenters. The van der Waals surface area contributed by atoms with E-state index in [1.807, 2.05) is 0 Å². The van der Waals surface area contributed by atoms with Gasteiger partial charge in [-0.15, -0.1) is 0 Å². The first-order valence-corrected chi connectivity index (χ1v) is 7.74. The number of H-pyrrole nitrogens is 1. The van der Waals surface area contributed by atoms with Crippen molar-refractivity contribution in [2.45, 2.75) is 57.3 Å². The highest BCUT2D eigenvalue weighted by Gasteiger charge is 2.30. The van der Waals surface area contributed by atoms with Gasteiger partial charge in [0.2, 0.25) is 0 Å². The molecule has 1 aromatic heterocycles. The van der Waals surface area contributed by atoms with E-state index in [4.69, 9.17) is 4.98 Å². The third-order valence-electron chi connectivity index (χ3n) is 4.19. The van der Waals surface area contributed by atoms with Gasteiger partial charge in [0.15, 0.2) is 0 Å². The average molecular weight is 311 g/mol. The number of nitrogens with one attached hydrogen (secondary N) is 1. The minimum absolute atomic E-state index is 0.000117. The molecule has 0 bridgehead atoms. The Morgan fingerprint density at radius 3 is 2.67 bits per heavy atom. The van der Waals surface area contributed by atoms with Gasteiger partial charge in [-0.2, -0.15) is 0 Å². The molecule has 0 amide bonds. The second kappa shape index (κ2) is 4.80. The maximum absolute atomic E-state index is 12.0. The van der Waals surface area contributed by atoms with Gasteiger partial charge >= 0.3 is 0 Å². The largest absolute Gasteiger partial charge is 0.309 e. The van der Waals surface area contributed by atoms with Crippen LogP contribution in [0.15, 0.2) is 9.27 Å². The Morgan fingerprint density at radius 1 is 1.22 bits per heavy atom. The van der Waals surface area contributed by atoms with E-state index in [-0.39, 0.29) is 5.56 Å². The average Bonchev–Trinajstić information content (AvgIpc) is 3.16. The van der Waals surface area contributed by atoms with Crippen molar-refractivity contribution in [1.29, 1.82) is 0 Å².